The molecule has 12 heteroatoms. The van der Waals surface area contributed by atoms with Crippen LogP contribution in [0.2, 0.25) is 0 Å². The summed E-state index contributed by atoms with van der Waals surface area (Å²) in [6, 6.07) is 16.8. The van der Waals surface area contributed by atoms with Crippen molar-refractivity contribution in [1.29, 1.82) is 0 Å². The van der Waals surface area contributed by atoms with Gasteiger partial charge in [-0.1, -0.05) is 39.0 Å². The van der Waals surface area contributed by atoms with Gasteiger partial charge in [0.05, 0.1) is 12.0 Å². The van der Waals surface area contributed by atoms with E-state index >= 15 is 0 Å². The summed E-state index contributed by atoms with van der Waals surface area (Å²) in [5.41, 5.74) is 0.883. The molecule has 39 heavy (non-hydrogen) atoms. The summed E-state index contributed by atoms with van der Waals surface area (Å²) in [6.07, 6.45) is 2.71. The van der Waals surface area contributed by atoms with Gasteiger partial charge in [0, 0.05) is 18.3 Å². The normalized spacial score (nSPS) is 11.5. The number of ether oxygens (including phenoxy) is 4. The van der Waals surface area contributed by atoms with E-state index in [2.05, 4.69) is 45.7 Å². The van der Waals surface area contributed by atoms with Gasteiger partial charge in [0.15, 0.2) is 5.82 Å². The number of anilines is 1. The van der Waals surface area contributed by atoms with Gasteiger partial charge in [-0.15, -0.1) is 5.10 Å². The van der Waals surface area contributed by atoms with Crippen LogP contribution in [0.25, 0.3) is 0 Å². The fourth-order valence-corrected chi connectivity index (χ4v) is 4.39. The Morgan fingerprint density at radius 1 is 0.897 bits per heavy atom. The number of aromatic nitrogens is 4. The number of benzene rings is 2. The van der Waals surface area contributed by atoms with Crippen molar-refractivity contribution in [3.05, 3.63) is 78.8 Å². The molecule has 0 spiro atoms. The average molecular weight is 552 g/mol. The van der Waals surface area contributed by atoms with Crippen LogP contribution in [0.4, 0.5) is 5.82 Å². The van der Waals surface area contributed by atoms with Gasteiger partial charge < -0.3 is 18.9 Å². The second-order valence-electron chi connectivity index (χ2n) is 9.28. The fourth-order valence-electron chi connectivity index (χ4n) is 3.38. The monoisotopic (exact) mass is 551 g/mol. The third-order valence-corrected chi connectivity index (χ3v) is 6.77. The minimum atomic E-state index is -4.02. The molecule has 0 unspecified atom stereocenters. The molecular weight excluding hydrogens is 522 g/mol. The first kappa shape index (κ1) is 27.6. The predicted molar refractivity (Wildman–Crippen MR) is 144 cm³/mol. The summed E-state index contributed by atoms with van der Waals surface area (Å²) in [5, 5.41) is 7.60. The van der Waals surface area contributed by atoms with Gasteiger partial charge in [-0.2, -0.15) is 10.1 Å². The van der Waals surface area contributed by atoms with Gasteiger partial charge in [0.1, 0.15) is 31.0 Å². The topological polar surface area (TPSA) is 135 Å². The second kappa shape index (κ2) is 11.9. The average Bonchev–Trinajstić information content (AvgIpc) is 2.93. The van der Waals surface area contributed by atoms with E-state index in [0.717, 1.165) is 5.56 Å². The number of hydrogen-bond donors (Lipinski definition) is 1. The molecule has 1 N–H and O–H groups in total. The van der Waals surface area contributed by atoms with Crippen LogP contribution in [0.5, 0.6) is 29.0 Å². The molecule has 0 aliphatic carbocycles. The van der Waals surface area contributed by atoms with Crippen LogP contribution in [0.3, 0.4) is 0 Å². The Kier molecular flexibility index (Phi) is 8.45. The van der Waals surface area contributed by atoms with Crippen molar-refractivity contribution < 1.29 is 27.4 Å². The Morgan fingerprint density at radius 2 is 1.64 bits per heavy atom. The van der Waals surface area contributed by atoms with Crippen LogP contribution >= 0.6 is 0 Å². The van der Waals surface area contributed by atoms with Gasteiger partial charge in [0.25, 0.3) is 15.9 Å². The van der Waals surface area contributed by atoms with Gasteiger partial charge in [-0.25, -0.2) is 13.4 Å². The van der Waals surface area contributed by atoms with E-state index in [9.17, 15) is 8.42 Å². The molecule has 204 valence electrons. The zero-order valence-corrected chi connectivity index (χ0v) is 22.8. The molecule has 0 saturated carbocycles. The van der Waals surface area contributed by atoms with Crippen molar-refractivity contribution in [3.8, 4) is 29.0 Å². The van der Waals surface area contributed by atoms with E-state index < -0.39 is 10.0 Å². The number of hydrogen-bond acceptors (Lipinski definition) is 10. The quantitative estimate of drug-likeness (QED) is 0.263. The molecule has 0 aliphatic heterocycles. The summed E-state index contributed by atoms with van der Waals surface area (Å²) < 4.78 is 51.6. The van der Waals surface area contributed by atoms with Gasteiger partial charge in [-0.05, 0) is 41.3 Å². The van der Waals surface area contributed by atoms with Crippen molar-refractivity contribution in [2.75, 3.05) is 25.0 Å². The highest BCUT2D eigenvalue weighted by Crippen LogP contribution is 2.37. The number of nitrogens with zero attached hydrogens (tertiary/aromatic N) is 4. The predicted octanol–water partition coefficient (Wildman–Crippen LogP) is 4.62. The summed E-state index contributed by atoms with van der Waals surface area (Å²) >= 11 is 0. The molecule has 2 heterocycles. The molecule has 0 saturated heterocycles. The zero-order valence-electron chi connectivity index (χ0n) is 22.0. The first-order valence-corrected chi connectivity index (χ1v) is 13.5. The van der Waals surface area contributed by atoms with Crippen LogP contribution in [-0.4, -0.2) is 48.9 Å². The first-order chi connectivity index (χ1) is 18.7. The van der Waals surface area contributed by atoms with Crippen molar-refractivity contribution in [2.24, 2.45) is 0 Å². The van der Waals surface area contributed by atoms with Crippen LogP contribution < -0.4 is 23.7 Å². The molecule has 4 rings (SSSR count). The molecule has 0 aliphatic rings. The Bertz CT molecular complexity index is 1490. The summed E-state index contributed by atoms with van der Waals surface area (Å²) in [4.78, 5) is 8.36. The standard InChI is InChI=1S/C27H29N5O6S/c1-27(2,3)19-10-12-22(13-11-19)39(33,34)32-25-24(38-21-8-5-7-20(17-21)35-4)26(29-18-28-25)37-16-15-36-23-9-6-14-30-31-23/h5-14,17-18H,15-16H2,1-4H3,(H,28,29,32). The fraction of sp³-hybridized carbons (Fsp3) is 0.259. The molecule has 11 nitrogen and oxygen atoms in total. The van der Waals surface area contributed by atoms with Crippen LogP contribution in [-0.2, 0) is 15.4 Å². The Balaban J connectivity index is 1.60. The zero-order chi connectivity index (χ0) is 27.9. The molecule has 0 amide bonds. The maximum Gasteiger partial charge on any atom is 0.263 e. The maximum absolute atomic E-state index is 13.3. The molecule has 4 aromatic rings. The van der Waals surface area contributed by atoms with E-state index in [-0.39, 0.29) is 41.0 Å². The van der Waals surface area contributed by atoms with Gasteiger partial charge >= 0.3 is 0 Å². The third kappa shape index (κ3) is 7.32. The second-order valence-corrected chi connectivity index (χ2v) is 11.0. The van der Waals surface area contributed by atoms with Crippen LogP contribution in [0, 0.1) is 0 Å². The SMILES string of the molecule is COc1cccc(Oc2c(NS(=O)(=O)c3ccc(C(C)(C)C)cc3)ncnc2OCCOc2cccnn2)c1. The molecule has 0 radical (unpaired) electrons. The van der Waals surface area contributed by atoms with Gasteiger partial charge in [0.2, 0.25) is 11.6 Å². The smallest absolute Gasteiger partial charge is 0.263 e. The number of nitrogens with one attached hydrogen (secondary N) is 1. The number of rotatable bonds is 11. The highest BCUT2D eigenvalue weighted by atomic mass is 32.2. The lowest BCUT2D eigenvalue weighted by Crippen LogP contribution is -2.17. The Labute approximate surface area is 227 Å². The minimum absolute atomic E-state index is 0.0105. The largest absolute Gasteiger partial charge is 0.497 e. The van der Waals surface area contributed by atoms with E-state index in [4.69, 9.17) is 18.9 Å². The molecule has 0 bridgehead atoms. The van der Waals surface area contributed by atoms with Crippen molar-refractivity contribution in [2.45, 2.75) is 31.1 Å². The Morgan fingerprint density at radius 3 is 2.33 bits per heavy atom. The molecule has 2 aromatic carbocycles. The van der Waals surface area contributed by atoms with Gasteiger partial charge in [-0.3, -0.25) is 4.72 Å². The maximum atomic E-state index is 13.3. The van der Waals surface area contributed by atoms with E-state index in [1.807, 2.05) is 0 Å². The van der Waals surface area contributed by atoms with E-state index in [0.29, 0.717) is 17.4 Å². The van der Waals surface area contributed by atoms with Crippen molar-refractivity contribution in [3.63, 3.8) is 0 Å². The van der Waals surface area contributed by atoms with Crippen LogP contribution in [0.1, 0.15) is 26.3 Å². The van der Waals surface area contributed by atoms with Crippen LogP contribution in [0.15, 0.2) is 78.1 Å². The van der Waals surface area contributed by atoms with Crippen molar-refractivity contribution >= 4 is 15.8 Å². The number of sulfonamides is 1. The summed E-state index contributed by atoms with van der Waals surface area (Å²) in [6.45, 7) is 6.35. The minimum Gasteiger partial charge on any atom is -0.497 e. The highest BCUT2D eigenvalue weighted by Gasteiger charge is 2.23. The lowest BCUT2D eigenvalue weighted by Gasteiger charge is -2.19. The molecule has 0 fully saturated rings. The first-order valence-electron chi connectivity index (χ1n) is 12.0. The molecular formula is C27H29N5O6S. The third-order valence-electron chi connectivity index (χ3n) is 5.41. The van der Waals surface area contributed by atoms with E-state index in [1.165, 1.54) is 19.6 Å². The highest BCUT2D eigenvalue weighted by molar-refractivity contribution is 7.92. The summed E-state index contributed by atoms with van der Waals surface area (Å²) in [5.74, 6) is 1.13. The van der Waals surface area contributed by atoms with E-state index in [1.54, 1.807) is 60.7 Å². The number of methoxy groups -OCH3 is 1. The lowest BCUT2D eigenvalue weighted by atomic mass is 9.87. The molecule has 0 atom stereocenters. The molecule has 2 aromatic heterocycles. The lowest BCUT2D eigenvalue weighted by molar-refractivity contribution is 0.201. The summed E-state index contributed by atoms with van der Waals surface area (Å²) in [7, 11) is -2.49. The van der Waals surface area contributed by atoms with Crippen molar-refractivity contribution in [1.82, 2.24) is 20.2 Å². The Hall–Kier alpha value is -4.45.